The summed E-state index contributed by atoms with van der Waals surface area (Å²) in [5, 5.41) is 0. The number of piperidine rings is 1. The van der Waals surface area contributed by atoms with E-state index in [-0.39, 0.29) is 5.41 Å². The van der Waals surface area contributed by atoms with Crippen molar-refractivity contribution in [1.82, 2.24) is 4.90 Å². The number of anilines is 1. The van der Waals surface area contributed by atoms with Gasteiger partial charge >= 0.3 is 0 Å². The van der Waals surface area contributed by atoms with Gasteiger partial charge in [-0.3, -0.25) is 9.89 Å². The Morgan fingerprint density at radius 1 is 1.08 bits per heavy atom. The molecule has 4 heteroatoms. The van der Waals surface area contributed by atoms with Crippen LogP contribution in [0, 0.1) is 5.41 Å². The van der Waals surface area contributed by atoms with Crippen LogP contribution in [0.2, 0.25) is 0 Å². The zero-order valence-corrected chi connectivity index (χ0v) is 15.8. The highest BCUT2D eigenvalue weighted by atomic mass is 16.5. The van der Waals surface area contributed by atoms with E-state index in [4.69, 9.17) is 9.73 Å². The first-order valence-electron chi connectivity index (χ1n) is 9.91. The van der Waals surface area contributed by atoms with E-state index in [2.05, 4.69) is 43.0 Å². The highest BCUT2D eigenvalue weighted by Gasteiger charge is 2.53. The van der Waals surface area contributed by atoms with Crippen molar-refractivity contribution >= 4 is 17.6 Å². The van der Waals surface area contributed by atoms with Gasteiger partial charge < -0.3 is 9.64 Å². The molecule has 0 bridgehead atoms. The molecule has 0 saturated carbocycles. The molecular weight excluding hydrogens is 310 g/mol. The number of likely N-dealkylation sites (tertiary alicyclic amines) is 1. The van der Waals surface area contributed by atoms with E-state index in [1.165, 1.54) is 62.0 Å². The largest absolute Gasteiger partial charge is 0.464 e. The molecule has 0 aromatic heterocycles. The number of rotatable bonds is 0. The average molecular weight is 339 g/mol. The van der Waals surface area contributed by atoms with Gasteiger partial charge in [0, 0.05) is 36.3 Å². The highest BCUT2D eigenvalue weighted by Crippen LogP contribution is 2.52. The van der Waals surface area contributed by atoms with Crippen LogP contribution in [0.3, 0.4) is 0 Å². The first-order valence-corrected chi connectivity index (χ1v) is 9.91. The van der Waals surface area contributed by atoms with Crippen molar-refractivity contribution in [3.63, 3.8) is 0 Å². The Bertz CT molecular complexity index is 752. The number of benzene rings is 1. The lowest BCUT2D eigenvalue weighted by Crippen LogP contribution is -2.65. The van der Waals surface area contributed by atoms with Gasteiger partial charge in [-0.1, -0.05) is 13.8 Å². The van der Waals surface area contributed by atoms with E-state index in [0.717, 1.165) is 24.4 Å². The highest BCUT2D eigenvalue weighted by molar-refractivity contribution is 5.83. The molecule has 0 amide bonds. The Morgan fingerprint density at radius 2 is 1.88 bits per heavy atom. The topological polar surface area (TPSA) is 28.1 Å². The quantitative estimate of drug-likeness (QED) is 0.717. The van der Waals surface area contributed by atoms with Crippen molar-refractivity contribution < 1.29 is 4.74 Å². The summed E-state index contributed by atoms with van der Waals surface area (Å²) in [6.45, 7) is 8.11. The molecule has 4 aliphatic heterocycles. The molecule has 1 spiro atoms. The van der Waals surface area contributed by atoms with Crippen LogP contribution in [-0.2, 0) is 12.8 Å². The van der Waals surface area contributed by atoms with Crippen LogP contribution in [0.5, 0.6) is 5.75 Å². The summed E-state index contributed by atoms with van der Waals surface area (Å²) in [5.74, 6) is 1.06. The van der Waals surface area contributed by atoms with Gasteiger partial charge in [0.2, 0.25) is 5.72 Å². The maximum absolute atomic E-state index is 6.91. The number of hydrogen-bond donors (Lipinski definition) is 0. The molecular formula is C21H29N3O. The van der Waals surface area contributed by atoms with Gasteiger partial charge in [0.05, 0.1) is 6.21 Å². The second-order valence-corrected chi connectivity index (χ2v) is 8.87. The first kappa shape index (κ1) is 15.7. The molecule has 4 aliphatic rings. The molecule has 4 nitrogen and oxygen atoms in total. The van der Waals surface area contributed by atoms with Gasteiger partial charge in [-0.05, 0) is 57.2 Å². The summed E-state index contributed by atoms with van der Waals surface area (Å²) in [4.78, 5) is 9.93. The van der Waals surface area contributed by atoms with E-state index in [1.807, 2.05) is 0 Å². The minimum atomic E-state index is -0.417. The summed E-state index contributed by atoms with van der Waals surface area (Å²) in [6.07, 6.45) is 9.27. The summed E-state index contributed by atoms with van der Waals surface area (Å²) in [6, 6.07) is 2.30. The van der Waals surface area contributed by atoms with Crippen LogP contribution in [0.15, 0.2) is 11.1 Å². The third-order valence-corrected chi connectivity index (χ3v) is 6.92. The first-order chi connectivity index (χ1) is 12.0. The third-order valence-electron chi connectivity index (χ3n) is 6.92. The van der Waals surface area contributed by atoms with E-state index in [0.29, 0.717) is 0 Å². The summed E-state index contributed by atoms with van der Waals surface area (Å²) in [5.41, 5.74) is 5.06. The van der Waals surface area contributed by atoms with Crippen LogP contribution in [0.4, 0.5) is 11.4 Å². The summed E-state index contributed by atoms with van der Waals surface area (Å²) < 4.78 is 6.91. The second kappa shape index (κ2) is 5.23. The molecule has 0 aliphatic carbocycles. The lowest BCUT2D eigenvalue weighted by Gasteiger charge is -2.54. The van der Waals surface area contributed by atoms with Crippen LogP contribution in [0.1, 0.15) is 50.7 Å². The Kier molecular flexibility index (Phi) is 3.28. The van der Waals surface area contributed by atoms with Crippen molar-refractivity contribution in [2.45, 2.75) is 58.1 Å². The predicted molar refractivity (Wildman–Crippen MR) is 102 cm³/mol. The lowest BCUT2D eigenvalue weighted by atomic mass is 9.73. The molecule has 1 atom stereocenters. The Morgan fingerprint density at radius 3 is 2.68 bits per heavy atom. The third kappa shape index (κ3) is 2.06. The SMILES string of the molecule is CN1CCCC(C)(C)C12C=Nc1cc3c4c(c1O2)CCCN4CCC3. The second-order valence-electron chi connectivity index (χ2n) is 8.87. The molecule has 1 aromatic rings. The van der Waals surface area contributed by atoms with E-state index < -0.39 is 5.72 Å². The molecule has 0 N–H and O–H groups in total. The minimum absolute atomic E-state index is 0.0537. The van der Waals surface area contributed by atoms with Gasteiger partial charge in [0.25, 0.3) is 0 Å². The molecule has 1 saturated heterocycles. The zero-order chi connectivity index (χ0) is 17.2. The van der Waals surface area contributed by atoms with E-state index in [9.17, 15) is 0 Å². The van der Waals surface area contributed by atoms with Crippen molar-refractivity contribution in [2.75, 3.05) is 31.6 Å². The number of aryl methyl sites for hydroxylation is 1. The van der Waals surface area contributed by atoms with Gasteiger partial charge in [0.15, 0.2) is 5.75 Å². The smallest absolute Gasteiger partial charge is 0.204 e. The molecule has 25 heavy (non-hydrogen) atoms. The average Bonchev–Trinajstić information content (AvgIpc) is 2.60. The number of fused-ring (bicyclic) bond motifs is 2. The molecule has 1 aromatic carbocycles. The summed E-state index contributed by atoms with van der Waals surface area (Å²) in [7, 11) is 2.19. The number of ether oxygens (including phenoxy) is 1. The van der Waals surface area contributed by atoms with Crippen molar-refractivity contribution in [2.24, 2.45) is 10.4 Å². The monoisotopic (exact) mass is 339 g/mol. The molecule has 5 rings (SSSR count). The predicted octanol–water partition coefficient (Wildman–Crippen LogP) is 3.93. The van der Waals surface area contributed by atoms with Gasteiger partial charge in [-0.15, -0.1) is 0 Å². The van der Waals surface area contributed by atoms with Gasteiger partial charge in [-0.25, -0.2) is 0 Å². The standard InChI is InChI=1S/C21H29N3O/c1-20(2)9-6-10-23(3)21(20)14-22-17-13-15-7-4-11-24-12-5-8-16(18(15)24)19(17)25-21/h13-14H,4-12H2,1-3H3. The Labute approximate surface area is 150 Å². The molecule has 1 fully saturated rings. The van der Waals surface area contributed by atoms with Crippen molar-refractivity contribution in [3.05, 3.63) is 17.2 Å². The van der Waals surface area contributed by atoms with Gasteiger partial charge in [-0.2, -0.15) is 0 Å². The summed E-state index contributed by atoms with van der Waals surface area (Å²) >= 11 is 0. The maximum atomic E-state index is 6.91. The van der Waals surface area contributed by atoms with Crippen LogP contribution in [0.25, 0.3) is 0 Å². The molecule has 134 valence electrons. The van der Waals surface area contributed by atoms with Crippen molar-refractivity contribution in [3.8, 4) is 5.75 Å². The number of hydrogen-bond acceptors (Lipinski definition) is 4. The molecule has 0 radical (unpaired) electrons. The Balaban J connectivity index is 1.67. The van der Waals surface area contributed by atoms with E-state index >= 15 is 0 Å². The number of aliphatic imine (C=N–C) groups is 1. The van der Waals surface area contributed by atoms with Crippen molar-refractivity contribution in [1.29, 1.82) is 0 Å². The Hall–Kier alpha value is -1.55. The fourth-order valence-electron chi connectivity index (χ4n) is 5.47. The lowest BCUT2D eigenvalue weighted by molar-refractivity contribution is -0.123. The van der Waals surface area contributed by atoms with Crippen LogP contribution in [-0.4, -0.2) is 43.5 Å². The fraction of sp³-hybridized carbons (Fsp3) is 0.667. The molecule has 1 unspecified atom stereocenters. The molecule has 4 heterocycles. The minimum Gasteiger partial charge on any atom is -0.464 e. The van der Waals surface area contributed by atoms with Crippen LogP contribution < -0.4 is 9.64 Å². The van der Waals surface area contributed by atoms with E-state index in [1.54, 1.807) is 0 Å². The fourth-order valence-corrected chi connectivity index (χ4v) is 5.47. The normalized spacial score (nSPS) is 30.0. The maximum Gasteiger partial charge on any atom is 0.204 e. The van der Waals surface area contributed by atoms with Crippen LogP contribution >= 0.6 is 0 Å². The zero-order valence-electron chi connectivity index (χ0n) is 15.8. The number of nitrogens with zero attached hydrogens (tertiary/aromatic N) is 3. The van der Waals surface area contributed by atoms with Gasteiger partial charge in [0.1, 0.15) is 5.69 Å².